The first-order chi connectivity index (χ1) is 9.33. The Balaban J connectivity index is 2.02. The van der Waals surface area contributed by atoms with Crippen molar-refractivity contribution >= 4 is 9.84 Å². The van der Waals surface area contributed by atoms with Gasteiger partial charge in [0.2, 0.25) is 0 Å². The van der Waals surface area contributed by atoms with E-state index in [-0.39, 0.29) is 10.5 Å². The first-order valence-corrected chi connectivity index (χ1v) is 8.97. The summed E-state index contributed by atoms with van der Waals surface area (Å²) in [6.45, 7) is 4.03. The third kappa shape index (κ3) is 2.09. The van der Waals surface area contributed by atoms with Crippen molar-refractivity contribution in [2.75, 3.05) is 0 Å². The van der Waals surface area contributed by atoms with E-state index in [0.717, 1.165) is 17.5 Å². The number of hydrogen-bond donors (Lipinski definition) is 1. The van der Waals surface area contributed by atoms with Crippen molar-refractivity contribution in [1.29, 1.82) is 0 Å². The monoisotopic (exact) mass is 294 g/mol. The summed E-state index contributed by atoms with van der Waals surface area (Å²) >= 11 is 0. The average molecular weight is 294 g/mol. The first-order valence-electron chi connectivity index (χ1n) is 7.36. The zero-order chi connectivity index (χ0) is 14.5. The molecular formula is C16H22O3S. The van der Waals surface area contributed by atoms with Crippen molar-refractivity contribution in [1.82, 2.24) is 0 Å². The van der Waals surface area contributed by atoms with E-state index in [9.17, 15) is 13.5 Å². The lowest BCUT2D eigenvalue weighted by atomic mass is 9.78. The maximum Gasteiger partial charge on any atom is 0.156 e. The maximum atomic E-state index is 12.3. The molecule has 0 saturated carbocycles. The van der Waals surface area contributed by atoms with Gasteiger partial charge in [-0.1, -0.05) is 30.2 Å². The smallest absolute Gasteiger partial charge is 0.156 e. The normalized spacial score (nSPS) is 35.8. The molecule has 2 bridgehead atoms. The fourth-order valence-corrected chi connectivity index (χ4v) is 6.55. The molecule has 4 heteroatoms. The molecule has 2 atom stereocenters. The Kier molecular flexibility index (Phi) is 3.22. The Bertz CT molecular complexity index is 613. The van der Waals surface area contributed by atoms with Gasteiger partial charge in [0.05, 0.1) is 16.1 Å². The Morgan fingerprint density at radius 1 is 1.15 bits per heavy atom. The number of aryl methyl sites for hydroxylation is 2. The lowest BCUT2D eigenvalue weighted by Gasteiger charge is -2.44. The van der Waals surface area contributed by atoms with Crippen molar-refractivity contribution in [3.63, 3.8) is 0 Å². The molecule has 2 unspecified atom stereocenters. The minimum absolute atomic E-state index is 0.357. The number of sulfone groups is 1. The standard InChI is InChI=1S/C16H22O3S/c1-11-6-7-15(12(2)8-11)16(17)9-13-4-3-5-14(10-16)20(13,18)19/h6-8,13-14,17H,3-5,9-10H2,1-2H3. The van der Waals surface area contributed by atoms with Gasteiger partial charge in [-0.25, -0.2) is 8.42 Å². The topological polar surface area (TPSA) is 54.4 Å². The molecule has 20 heavy (non-hydrogen) atoms. The highest BCUT2D eigenvalue weighted by molar-refractivity contribution is 7.92. The Morgan fingerprint density at radius 3 is 2.30 bits per heavy atom. The minimum atomic E-state index is -3.03. The third-order valence-electron chi connectivity index (χ3n) is 5.00. The van der Waals surface area contributed by atoms with Crippen molar-refractivity contribution in [3.8, 4) is 0 Å². The molecule has 1 aromatic rings. The third-order valence-corrected chi connectivity index (χ3v) is 7.66. The molecule has 2 aliphatic rings. The molecule has 0 spiro atoms. The molecule has 2 fully saturated rings. The van der Waals surface area contributed by atoms with Crippen molar-refractivity contribution in [3.05, 3.63) is 34.9 Å². The van der Waals surface area contributed by atoms with Gasteiger partial charge >= 0.3 is 0 Å². The van der Waals surface area contributed by atoms with E-state index in [4.69, 9.17) is 0 Å². The van der Waals surface area contributed by atoms with Crippen LogP contribution in [0.15, 0.2) is 18.2 Å². The van der Waals surface area contributed by atoms with Crippen LogP contribution in [0.3, 0.4) is 0 Å². The molecule has 2 aliphatic heterocycles. The van der Waals surface area contributed by atoms with Gasteiger partial charge < -0.3 is 5.11 Å². The van der Waals surface area contributed by atoms with Gasteiger partial charge in [-0.05, 0) is 50.7 Å². The van der Waals surface area contributed by atoms with Crippen LogP contribution in [-0.2, 0) is 15.4 Å². The second kappa shape index (κ2) is 4.57. The van der Waals surface area contributed by atoms with Crippen LogP contribution in [0.4, 0.5) is 0 Å². The summed E-state index contributed by atoms with van der Waals surface area (Å²) in [6, 6.07) is 6.03. The van der Waals surface area contributed by atoms with Crippen molar-refractivity contribution in [2.24, 2.45) is 0 Å². The van der Waals surface area contributed by atoms with E-state index < -0.39 is 15.4 Å². The van der Waals surface area contributed by atoms with E-state index in [0.29, 0.717) is 25.7 Å². The molecule has 2 heterocycles. The highest BCUT2D eigenvalue weighted by Gasteiger charge is 2.51. The van der Waals surface area contributed by atoms with Gasteiger partial charge in [0.15, 0.2) is 9.84 Å². The van der Waals surface area contributed by atoms with Crippen LogP contribution in [0.5, 0.6) is 0 Å². The predicted octanol–water partition coefficient (Wildman–Crippen LogP) is 2.62. The Morgan fingerprint density at radius 2 is 1.75 bits per heavy atom. The quantitative estimate of drug-likeness (QED) is 0.866. The summed E-state index contributed by atoms with van der Waals surface area (Å²) in [5.41, 5.74) is 2.16. The molecule has 0 amide bonds. The van der Waals surface area contributed by atoms with Gasteiger partial charge in [0, 0.05) is 0 Å². The van der Waals surface area contributed by atoms with Crippen LogP contribution in [0, 0.1) is 13.8 Å². The van der Waals surface area contributed by atoms with Gasteiger partial charge in [-0.2, -0.15) is 0 Å². The lowest BCUT2D eigenvalue weighted by molar-refractivity contribution is 0.00445. The highest BCUT2D eigenvalue weighted by atomic mass is 32.2. The largest absolute Gasteiger partial charge is 0.385 e. The number of hydrogen-bond acceptors (Lipinski definition) is 3. The second-order valence-corrected chi connectivity index (χ2v) is 9.03. The minimum Gasteiger partial charge on any atom is -0.385 e. The lowest BCUT2D eigenvalue weighted by Crippen LogP contribution is -2.50. The zero-order valence-electron chi connectivity index (χ0n) is 12.1. The Labute approximate surface area is 120 Å². The molecule has 3 rings (SSSR count). The molecule has 1 N–H and O–H groups in total. The predicted molar refractivity (Wildman–Crippen MR) is 79.4 cm³/mol. The second-order valence-electron chi connectivity index (χ2n) is 6.52. The van der Waals surface area contributed by atoms with Gasteiger partial charge in [0.1, 0.15) is 0 Å². The number of benzene rings is 1. The van der Waals surface area contributed by atoms with E-state index >= 15 is 0 Å². The van der Waals surface area contributed by atoms with E-state index in [1.807, 2.05) is 26.0 Å². The van der Waals surface area contributed by atoms with Gasteiger partial charge in [-0.15, -0.1) is 0 Å². The maximum absolute atomic E-state index is 12.3. The summed E-state index contributed by atoms with van der Waals surface area (Å²) in [4.78, 5) is 0. The summed E-state index contributed by atoms with van der Waals surface area (Å²) in [5, 5.41) is 10.4. The van der Waals surface area contributed by atoms with E-state index in [1.54, 1.807) is 0 Å². The molecule has 0 aromatic heterocycles. The van der Waals surface area contributed by atoms with Crippen LogP contribution in [0.2, 0.25) is 0 Å². The van der Waals surface area contributed by atoms with Gasteiger partial charge in [-0.3, -0.25) is 0 Å². The van der Waals surface area contributed by atoms with Crippen LogP contribution in [-0.4, -0.2) is 24.0 Å². The summed E-state index contributed by atoms with van der Waals surface area (Å²) < 4.78 is 24.7. The molecule has 110 valence electrons. The average Bonchev–Trinajstić information content (AvgIpc) is 2.31. The van der Waals surface area contributed by atoms with E-state index in [2.05, 4.69) is 6.07 Å². The zero-order valence-corrected chi connectivity index (χ0v) is 12.9. The number of fused-ring (bicyclic) bond motifs is 2. The van der Waals surface area contributed by atoms with Crippen LogP contribution in [0.25, 0.3) is 0 Å². The van der Waals surface area contributed by atoms with E-state index in [1.165, 1.54) is 5.56 Å². The summed E-state index contributed by atoms with van der Waals surface area (Å²) in [7, 11) is -3.03. The fraction of sp³-hybridized carbons (Fsp3) is 0.625. The highest BCUT2D eigenvalue weighted by Crippen LogP contribution is 2.46. The number of rotatable bonds is 1. The Hall–Kier alpha value is -0.870. The molecule has 0 radical (unpaired) electrons. The molecule has 0 aliphatic carbocycles. The molecule has 2 saturated heterocycles. The molecular weight excluding hydrogens is 272 g/mol. The van der Waals surface area contributed by atoms with Crippen LogP contribution in [0.1, 0.15) is 48.8 Å². The number of aliphatic hydroxyl groups is 1. The first kappa shape index (κ1) is 14.1. The van der Waals surface area contributed by atoms with Crippen molar-refractivity contribution < 1.29 is 13.5 Å². The van der Waals surface area contributed by atoms with Gasteiger partial charge in [0.25, 0.3) is 0 Å². The fourth-order valence-electron chi connectivity index (χ4n) is 4.00. The van der Waals surface area contributed by atoms with Crippen LogP contribution < -0.4 is 0 Å². The van der Waals surface area contributed by atoms with Crippen LogP contribution >= 0.6 is 0 Å². The van der Waals surface area contributed by atoms with Crippen molar-refractivity contribution in [2.45, 2.75) is 62.1 Å². The summed E-state index contributed by atoms with van der Waals surface area (Å²) in [5.74, 6) is 0. The summed E-state index contributed by atoms with van der Waals surface area (Å²) in [6.07, 6.45) is 3.08. The molecule has 3 nitrogen and oxygen atoms in total. The molecule has 1 aromatic carbocycles. The SMILES string of the molecule is Cc1ccc(C2(O)CC3CCCC(C2)S3(=O)=O)c(C)c1.